The third-order valence-electron chi connectivity index (χ3n) is 2.71. The average molecular weight is 188 g/mol. The summed E-state index contributed by atoms with van der Waals surface area (Å²) >= 11 is 0. The third-order valence-corrected chi connectivity index (χ3v) is 2.71. The van der Waals surface area contributed by atoms with Gasteiger partial charge in [0.05, 0.1) is 27.7 Å². The molecule has 0 radical (unpaired) electrons. The second kappa shape index (κ2) is 3.61. The summed E-state index contributed by atoms with van der Waals surface area (Å²) in [6.07, 6.45) is -0.288. The minimum Gasteiger partial charge on any atom is -0.463 e. The molecule has 76 valence electrons. The number of methoxy groups -OCH3 is 1. The first-order valence-electron chi connectivity index (χ1n) is 4.36. The van der Waals surface area contributed by atoms with Crippen LogP contribution in [0.2, 0.25) is 0 Å². The van der Waals surface area contributed by atoms with E-state index in [9.17, 15) is 4.79 Å². The van der Waals surface area contributed by atoms with Crippen LogP contribution in [0.25, 0.3) is 0 Å². The number of carbonyl (C=O) groups excluding carboxylic acids is 1. The zero-order valence-electron chi connectivity index (χ0n) is 8.70. The summed E-state index contributed by atoms with van der Waals surface area (Å²) < 4.78 is 5.22. The summed E-state index contributed by atoms with van der Waals surface area (Å²) in [5, 5.41) is 5.26. The van der Waals surface area contributed by atoms with Gasteiger partial charge in [0.1, 0.15) is 0 Å². The number of carbonyl (C=O) groups is 1. The molecule has 0 aromatic carbocycles. The molecule has 0 spiro atoms. The number of ether oxygens (including phenoxy) is 1. The largest absolute Gasteiger partial charge is 0.463 e. The second-order valence-corrected chi connectivity index (χ2v) is 3.74. The van der Waals surface area contributed by atoms with Gasteiger partial charge in [-0.15, -0.1) is 0 Å². The smallest absolute Gasteiger partial charge is 0.383 e. The highest BCUT2D eigenvalue weighted by Gasteiger charge is 2.42. The van der Waals surface area contributed by atoms with Crippen molar-refractivity contribution in [1.82, 2.24) is 10.3 Å². The van der Waals surface area contributed by atoms with E-state index in [1.165, 1.54) is 7.11 Å². The Morgan fingerprint density at radius 2 is 2.23 bits per heavy atom. The molecular formula is C8H18N3O2+. The Morgan fingerprint density at radius 1 is 1.62 bits per heavy atom. The molecule has 0 aromatic rings. The Hall–Kier alpha value is -0.650. The van der Waals surface area contributed by atoms with E-state index in [1.807, 2.05) is 21.1 Å². The molecular weight excluding hydrogens is 170 g/mol. The topological polar surface area (TPSA) is 41.6 Å². The van der Waals surface area contributed by atoms with Gasteiger partial charge in [-0.25, -0.2) is 9.39 Å². The Kier molecular flexibility index (Phi) is 2.90. The van der Waals surface area contributed by atoms with E-state index in [-0.39, 0.29) is 12.1 Å². The lowest BCUT2D eigenvalue weighted by atomic mass is 10.3. The average Bonchev–Trinajstić information content (AvgIpc) is 2.08. The number of nitrogens with one attached hydrogen (secondary N) is 1. The molecule has 1 heterocycles. The van der Waals surface area contributed by atoms with Crippen LogP contribution in [-0.2, 0) is 9.53 Å². The molecule has 13 heavy (non-hydrogen) atoms. The van der Waals surface area contributed by atoms with Gasteiger partial charge in [-0.05, 0) is 0 Å². The van der Waals surface area contributed by atoms with Crippen LogP contribution in [0.5, 0.6) is 0 Å². The number of likely N-dealkylation sites (N-methyl/N-ethyl adjacent to an activating group) is 2. The fourth-order valence-electron chi connectivity index (χ4n) is 1.49. The first kappa shape index (κ1) is 10.4. The zero-order chi connectivity index (χ0) is 10.1. The van der Waals surface area contributed by atoms with Crippen molar-refractivity contribution < 1.29 is 14.1 Å². The van der Waals surface area contributed by atoms with Gasteiger partial charge in [0.25, 0.3) is 6.17 Å². The number of esters is 1. The van der Waals surface area contributed by atoms with Crippen LogP contribution < -0.4 is 5.32 Å². The van der Waals surface area contributed by atoms with Crippen LogP contribution in [0, 0.1) is 0 Å². The second-order valence-electron chi connectivity index (χ2n) is 3.74. The number of rotatable bonds is 1. The molecule has 1 fully saturated rings. The molecule has 1 atom stereocenters. The molecule has 0 amide bonds. The Morgan fingerprint density at radius 3 is 2.77 bits per heavy atom. The lowest BCUT2D eigenvalue weighted by molar-refractivity contribution is -1.02. The standard InChI is InChI=1S/C8H18N3O2/c1-10-6-5-9-7(8(12)13-4)11(10,2)3/h7,9H,5-6H2,1-4H3/q+1. The van der Waals surface area contributed by atoms with Crippen LogP contribution in [0.4, 0.5) is 0 Å². The van der Waals surface area contributed by atoms with E-state index < -0.39 is 0 Å². The maximum absolute atomic E-state index is 11.4. The minimum absolute atomic E-state index is 0.212. The fraction of sp³-hybridized carbons (Fsp3) is 0.875. The highest BCUT2D eigenvalue weighted by Crippen LogP contribution is 2.12. The number of quaternary nitrogens is 1. The van der Waals surface area contributed by atoms with Gasteiger partial charge in [-0.1, -0.05) is 0 Å². The van der Waals surface area contributed by atoms with Gasteiger partial charge in [0, 0.05) is 13.6 Å². The molecule has 1 aliphatic heterocycles. The highest BCUT2D eigenvalue weighted by atomic mass is 16.5. The summed E-state index contributed by atoms with van der Waals surface area (Å²) in [7, 11) is 7.37. The van der Waals surface area contributed by atoms with Gasteiger partial charge in [0.2, 0.25) is 0 Å². The third kappa shape index (κ3) is 1.82. The summed E-state index contributed by atoms with van der Waals surface area (Å²) in [6, 6.07) is 0. The van der Waals surface area contributed by atoms with Gasteiger partial charge in [0.15, 0.2) is 0 Å². The van der Waals surface area contributed by atoms with E-state index in [2.05, 4.69) is 10.3 Å². The summed E-state index contributed by atoms with van der Waals surface area (Å²) in [6.45, 7) is 1.75. The van der Waals surface area contributed by atoms with Crippen LogP contribution in [0.3, 0.4) is 0 Å². The molecule has 1 rings (SSSR count). The van der Waals surface area contributed by atoms with Gasteiger partial charge in [-0.3, -0.25) is 5.32 Å². The summed E-state index contributed by atoms with van der Waals surface area (Å²) in [5.74, 6) is -0.212. The van der Waals surface area contributed by atoms with Crippen molar-refractivity contribution >= 4 is 5.97 Å². The van der Waals surface area contributed by atoms with Gasteiger partial charge >= 0.3 is 5.97 Å². The van der Waals surface area contributed by atoms with Crippen molar-refractivity contribution in [2.24, 2.45) is 0 Å². The quantitative estimate of drug-likeness (QED) is 0.424. The van der Waals surface area contributed by atoms with E-state index in [4.69, 9.17) is 4.74 Å². The molecule has 5 heteroatoms. The molecule has 5 nitrogen and oxygen atoms in total. The van der Waals surface area contributed by atoms with E-state index in [1.54, 1.807) is 0 Å². The maximum Gasteiger partial charge on any atom is 0.383 e. The van der Waals surface area contributed by atoms with Gasteiger partial charge in [-0.2, -0.15) is 5.01 Å². The van der Waals surface area contributed by atoms with Crippen LogP contribution in [0.1, 0.15) is 0 Å². The molecule has 0 saturated carbocycles. The first-order chi connectivity index (χ1) is 6.00. The lowest BCUT2D eigenvalue weighted by Crippen LogP contribution is -2.71. The summed E-state index contributed by atoms with van der Waals surface area (Å²) in [5.41, 5.74) is 0. The van der Waals surface area contributed by atoms with Gasteiger partial charge < -0.3 is 4.74 Å². The molecule has 1 saturated heterocycles. The fourth-order valence-corrected chi connectivity index (χ4v) is 1.49. The monoisotopic (exact) mass is 188 g/mol. The van der Waals surface area contributed by atoms with E-state index >= 15 is 0 Å². The van der Waals surface area contributed by atoms with Crippen molar-refractivity contribution in [2.75, 3.05) is 41.3 Å². The molecule has 0 bridgehead atoms. The molecule has 1 aliphatic rings. The normalized spacial score (nSPS) is 28.5. The maximum atomic E-state index is 11.4. The molecule has 1 unspecified atom stereocenters. The van der Waals surface area contributed by atoms with Crippen molar-refractivity contribution in [3.8, 4) is 0 Å². The van der Waals surface area contributed by atoms with Crippen molar-refractivity contribution in [3.63, 3.8) is 0 Å². The van der Waals surface area contributed by atoms with Crippen molar-refractivity contribution in [2.45, 2.75) is 6.17 Å². The minimum atomic E-state index is -0.288. The Bertz CT molecular complexity index is 206. The Labute approximate surface area is 78.8 Å². The van der Waals surface area contributed by atoms with E-state index in [0.717, 1.165) is 13.1 Å². The first-order valence-corrected chi connectivity index (χ1v) is 4.36. The molecule has 0 aliphatic carbocycles. The lowest BCUT2D eigenvalue weighted by Gasteiger charge is -2.45. The highest BCUT2D eigenvalue weighted by molar-refractivity contribution is 5.73. The van der Waals surface area contributed by atoms with Crippen LogP contribution in [-0.4, -0.2) is 63.1 Å². The predicted molar refractivity (Wildman–Crippen MR) is 48.5 cm³/mol. The van der Waals surface area contributed by atoms with Crippen molar-refractivity contribution in [1.29, 1.82) is 0 Å². The summed E-state index contributed by atoms with van der Waals surface area (Å²) in [4.78, 5) is 11.4. The van der Waals surface area contributed by atoms with Crippen LogP contribution >= 0.6 is 0 Å². The Balaban J connectivity index is 2.77. The predicted octanol–water partition coefficient (Wildman–Crippen LogP) is -0.988. The van der Waals surface area contributed by atoms with Crippen molar-refractivity contribution in [3.05, 3.63) is 0 Å². The number of nitrogens with zero attached hydrogens (tertiary/aromatic N) is 2. The van der Waals surface area contributed by atoms with Crippen LogP contribution in [0.15, 0.2) is 0 Å². The number of hydrogen-bond acceptors (Lipinski definition) is 4. The SMILES string of the molecule is COC(=O)C1NCCN(C)[N+]1(C)C. The zero-order valence-corrected chi connectivity index (χ0v) is 8.70. The number of hydrogen-bond donors (Lipinski definition) is 1. The molecule has 0 aromatic heterocycles. The molecule has 1 N–H and O–H groups in total. The van der Waals surface area contributed by atoms with E-state index in [0.29, 0.717) is 4.59 Å².